The molecule has 11 heavy (non-hydrogen) atoms. The lowest BCUT2D eigenvalue weighted by molar-refractivity contribution is -0.120. The van der Waals surface area contributed by atoms with E-state index in [9.17, 15) is 4.79 Å². The topological polar surface area (TPSA) is 53.8 Å². The van der Waals surface area contributed by atoms with Crippen LogP contribution in [0.25, 0.3) is 0 Å². The second-order valence-corrected chi connectivity index (χ2v) is 2.72. The number of carbonyl (C=O) groups excluding carboxylic acids is 1. The zero-order valence-corrected chi connectivity index (χ0v) is 6.08. The summed E-state index contributed by atoms with van der Waals surface area (Å²) >= 11 is 0. The van der Waals surface area contributed by atoms with E-state index in [0.717, 1.165) is 25.2 Å². The lowest BCUT2D eigenvalue weighted by Gasteiger charge is -2.23. The quantitative estimate of drug-likeness (QED) is 0.512. The summed E-state index contributed by atoms with van der Waals surface area (Å²) in [4.78, 5) is 18.8. The van der Waals surface area contributed by atoms with Crippen LogP contribution in [0.1, 0.15) is 6.42 Å². The first kappa shape index (κ1) is 6.67. The molecule has 1 amide bonds. The zero-order valence-electron chi connectivity index (χ0n) is 6.08. The second kappa shape index (κ2) is 2.54. The van der Waals surface area contributed by atoms with Crippen molar-refractivity contribution in [2.24, 2.45) is 15.9 Å². The van der Waals surface area contributed by atoms with E-state index in [1.54, 1.807) is 0 Å². The molecule has 2 aliphatic heterocycles. The first-order valence-corrected chi connectivity index (χ1v) is 3.71. The minimum Gasteiger partial charge on any atom is -0.311 e. The van der Waals surface area contributed by atoms with E-state index >= 15 is 0 Å². The summed E-state index contributed by atoms with van der Waals surface area (Å²) in [6.45, 7) is 1.63. The summed E-state index contributed by atoms with van der Waals surface area (Å²) < 4.78 is 0. The van der Waals surface area contributed by atoms with Crippen LogP contribution in [0.2, 0.25) is 0 Å². The Labute approximate surface area is 64.4 Å². The molecule has 1 unspecified atom stereocenters. The van der Waals surface area contributed by atoms with Gasteiger partial charge in [-0.1, -0.05) is 0 Å². The molecule has 2 heterocycles. The van der Waals surface area contributed by atoms with Crippen LogP contribution in [-0.2, 0) is 4.79 Å². The third kappa shape index (κ3) is 1.09. The first-order valence-electron chi connectivity index (χ1n) is 3.71. The van der Waals surface area contributed by atoms with Crippen LogP contribution in [0, 0.1) is 5.92 Å². The molecule has 0 aromatic heterocycles. The number of piperidine rings is 1. The van der Waals surface area contributed by atoms with Crippen molar-refractivity contribution in [1.29, 1.82) is 0 Å². The molecule has 0 aliphatic carbocycles. The van der Waals surface area contributed by atoms with Gasteiger partial charge in [-0.25, -0.2) is 9.98 Å². The number of amides is 1. The maximum atomic E-state index is 11.1. The minimum absolute atomic E-state index is 0.0266. The van der Waals surface area contributed by atoms with Crippen LogP contribution < -0.4 is 5.32 Å². The molecule has 2 rings (SSSR count). The first-order chi connectivity index (χ1) is 5.38. The van der Waals surface area contributed by atoms with Gasteiger partial charge in [-0.2, -0.15) is 0 Å². The van der Waals surface area contributed by atoms with Crippen molar-refractivity contribution in [1.82, 2.24) is 5.32 Å². The van der Waals surface area contributed by atoms with Crippen molar-refractivity contribution in [2.45, 2.75) is 6.42 Å². The monoisotopic (exact) mass is 151 g/mol. The van der Waals surface area contributed by atoms with Crippen LogP contribution in [0.15, 0.2) is 9.98 Å². The standard InChI is InChI=1S/C7H9N3O/c11-7-5-1-2-8-3-6(5)9-4-10-7/h4-5,8H,1-3H2. The maximum Gasteiger partial charge on any atom is 0.256 e. The lowest BCUT2D eigenvalue weighted by atomic mass is 9.94. The van der Waals surface area contributed by atoms with Gasteiger partial charge >= 0.3 is 0 Å². The van der Waals surface area contributed by atoms with Crippen molar-refractivity contribution in [2.75, 3.05) is 13.1 Å². The van der Waals surface area contributed by atoms with E-state index in [0.29, 0.717) is 0 Å². The largest absolute Gasteiger partial charge is 0.311 e. The Balaban J connectivity index is 2.25. The van der Waals surface area contributed by atoms with E-state index in [1.807, 2.05) is 0 Å². The fourth-order valence-corrected chi connectivity index (χ4v) is 1.40. The van der Waals surface area contributed by atoms with Crippen molar-refractivity contribution in [3.63, 3.8) is 0 Å². The Hall–Kier alpha value is -1.03. The number of nitrogens with zero attached hydrogens (tertiary/aromatic N) is 2. The molecule has 1 atom stereocenters. The molecule has 1 saturated heterocycles. The van der Waals surface area contributed by atoms with Gasteiger partial charge in [0.25, 0.3) is 5.91 Å². The molecule has 58 valence electrons. The number of rotatable bonds is 0. The summed E-state index contributed by atoms with van der Waals surface area (Å²) in [6.07, 6.45) is 2.19. The van der Waals surface area contributed by atoms with Crippen LogP contribution in [0.4, 0.5) is 0 Å². The van der Waals surface area contributed by atoms with E-state index in [1.165, 1.54) is 6.34 Å². The smallest absolute Gasteiger partial charge is 0.256 e. The molecule has 2 aliphatic rings. The highest BCUT2D eigenvalue weighted by molar-refractivity contribution is 6.12. The molecular weight excluding hydrogens is 142 g/mol. The summed E-state index contributed by atoms with van der Waals surface area (Å²) in [5.41, 5.74) is 0.941. The van der Waals surface area contributed by atoms with Crippen LogP contribution in [0.5, 0.6) is 0 Å². The number of hydrogen-bond acceptors (Lipinski definition) is 3. The Kier molecular flexibility index (Phi) is 1.54. The average Bonchev–Trinajstić information content (AvgIpc) is 2.06. The van der Waals surface area contributed by atoms with Gasteiger partial charge in [-0.15, -0.1) is 0 Å². The number of carbonyl (C=O) groups is 1. The number of hydrogen-bond donors (Lipinski definition) is 1. The van der Waals surface area contributed by atoms with Crippen molar-refractivity contribution in [3.8, 4) is 0 Å². The summed E-state index contributed by atoms with van der Waals surface area (Å²) in [7, 11) is 0. The van der Waals surface area contributed by atoms with Gasteiger partial charge in [0.05, 0.1) is 5.92 Å². The van der Waals surface area contributed by atoms with E-state index < -0.39 is 0 Å². The third-order valence-electron chi connectivity index (χ3n) is 2.02. The molecular formula is C7H9N3O. The Morgan fingerprint density at radius 2 is 2.55 bits per heavy atom. The van der Waals surface area contributed by atoms with E-state index in [-0.39, 0.29) is 11.8 Å². The zero-order chi connectivity index (χ0) is 7.68. The van der Waals surface area contributed by atoms with Gasteiger partial charge in [0, 0.05) is 12.3 Å². The van der Waals surface area contributed by atoms with Crippen molar-refractivity contribution >= 4 is 18.0 Å². The Morgan fingerprint density at radius 3 is 3.36 bits per heavy atom. The van der Waals surface area contributed by atoms with Gasteiger partial charge in [-0.3, -0.25) is 4.79 Å². The molecule has 4 heteroatoms. The Morgan fingerprint density at radius 1 is 1.64 bits per heavy atom. The summed E-state index contributed by atoms with van der Waals surface area (Å²) in [6, 6.07) is 0. The normalized spacial score (nSPS) is 29.6. The number of nitrogens with one attached hydrogen (secondary N) is 1. The molecule has 1 N–H and O–H groups in total. The molecule has 0 radical (unpaired) electrons. The number of fused-ring (bicyclic) bond motifs is 1. The molecule has 0 spiro atoms. The predicted molar refractivity (Wildman–Crippen MR) is 41.9 cm³/mol. The van der Waals surface area contributed by atoms with Crippen LogP contribution >= 0.6 is 0 Å². The highest BCUT2D eigenvalue weighted by atomic mass is 16.1. The maximum absolute atomic E-state index is 11.1. The Bertz CT molecular complexity index is 244. The van der Waals surface area contributed by atoms with E-state index in [2.05, 4.69) is 15.3 Å². The van der Waals surface area contributed by atoms with Gasteiger partial charge in [-0.05, 0) is 13.0 Å². The predicted octanol–water partition coefficient (Wildman–Crippen LogP) is -0.395. The molecule has 0 aromatic rings. The second-order valence-electron chi connectivity index (χ2n) is 2.72. The summed E-state index contributed by atoms with van der Waals surface area (Å²) in [5.74, 6) is -0.0576. The number of aliphatic imine (C=N–C) groups is 2. The van der Waals surface area contributed by atoms with Crippen LogP contribution in [0.3, 0.4) is 0 Å². The molecule has 4 nitrogen and oxygen atoms in total. The summed E-state index contributed by atoms with van der Waals surface area (Å²) in [5, 5.41) is 3.16. The van der Waals surface area contributed by atoms with Crippen LogP contribution in [-0.4, -0.2) is 31.0 Å². The molecule has 0 saturated carbocycles. The van der Waals surface area contributed by atoms with Gasteiger partial charge in [0.2, 0.25) is 0 Å². The van der Waals surface area contributed by atoms with Gasteiger partial charge in [0.15, 0.2) is 0 Å². The molecule has 1 fully saturated rings. The molecule has 0 aromatic carbocycles. The lowest BCUT2D eigenvalue weighted by Crippen LogP contribution is -2.41. The highest BCUT2D eigenvalue weighted by Gasteiger charge is 2.27. The van der Waals surface area contributed by atoms with E-state index in [4.69, 9.17) is 0 Å². The minimum atomic E-state index is -0.0310. The SMILES string of the molecule is O=C1N=CN=C2CNCCC12. The van der Waals surface area contributed by atoms with Crippen molar-refractivity contribution in [3.05, 3.63) is 0 Å². The van der Waals surface area contributed by atoms with Crippen molar-refractivity contribution < 1.29 is 4.79 Å². The van der Waals surface area contributed by atoms with Gasteiger partial charge < -0.3 is 5.32 Å². The fraction of sp³-hybridized carbons (Fsp3) is 0.571. The highest BCUT2D eigenvalue weighted by Crippen LogP contribution is 2.13. The fourth-order valence-electron chi connectivity index (χ4n) is 1.40. The average molecular weight is 151 g/mol. The molecule has 0 bridgehead atoms. The third-order valence-corrected chi connectivity index (χ3v) is 2.02. The van der Waals surface area contributed by atoms with Gasteiger partial charge in [0.1, 0.15) is 6.34 Å².